The van der Waals surface area contributed by atoms with Crippen molar-refractivity contribution in [2.75, 3.05) is 14.1 Å². The molecule has 5 heteroatoms. The summed E-state index contributed by atoms with van der Waals surface area (Å²) >= 11 is 0. The zero-order chi connectivity index (χ0) is 13.7. The molecule has 0 spiro atoms. The zero-order valence-electron chi connectivity index (χ0n) is 11.2. The summed E-state index contributed by atoms with van der Waals surface area (Å²) in [5.74, 6) is 0.603. The highest BCUT2D eigenvalue weighted by molar-refractivity contribution is 5.16. The molecular weight excluding hydrogens is 245 g/mol. The summed E-state index contributed by atoms with van der Waals surface area (Å²) in [6, 6.07) is 8.55. The van der Waals surface area contributed by atoms with E-state index in [1.54, 1.807) is 12.1 Å². The Kier molecular flexibility index (Phi) is 4.65. The van der Waals surface area contributed by atoms with Crippen LogP contribution < -0.4 is 5.32 Å². The van der Waals surface area contributed by atoms with E-state index in [1.807, 2.05) is 26.2 Å². The molecule has 0 atom stereocenters. The van der Waals surface area contributed by atoms with Crippen molar-refractivity contribution in [1.29, 1.82) is 0 Å². The van der Waals surface area contributed by atoms with Crippen LogP contribution in [-0.2, 0) is 19.6 Å². The molecule has 1 N–H and O–H groups in total. The molecule has 0 aliphatic rings. The zero-order valence-corrected chi connectivity index (χ0v) is 11.2. The summed E-state index contributed by atoms with van der Waals surface area (Å²) in [5, 5.41) is 6.97. The van der Waals surface area contributed by atoms with Gasteiger partial charge in [-0.15, -0.1) is 0 Å². The van der Waals surface area contributed by atoms with Crippen LogP contribution in [0.25, 0.3) is 0 Å². The van der Waals surface area contributed by atoms with Gasteiger partial charge in [0.15, 0.2) is 5.76 Å². The molecule has 1 aromatic heterocycles. The van der Waals surface area contributed by atoms with Gasteiger partial charge in [0.2, 0.25) is 0 Å². The number of benzene rings is 1. The van der Waals surface area contributed by atoms with E-state index >= 15 is 0 Å². The standard InChI is InChI=1S/C14H18FN3O/c1-16-8-13-7-14(19-17-13)10-18(2)9-11-4-3-5-12(15)6-11/h3-7,16H,8-10H2,1-2H3. The second-order valence-corrected chi connectivity index (χ2v) is 4.62. The van der Waals surface area contributed by atoms with Crippen LogP contribution in [0.3, 0.4) is 0 Å². The third-order valence-corrected chi connectivity index (χ3v) is 2.73. The molecule has 2 aromatic rings. The van der Waals surface area contributed by atoms with Crippen LogP contribution in [-0.4, -0.2) is 24.2 Å². The van der Waals surface area contributed by atoms with E-state index in [4.69, 9.17) is 4.52 Å². The first-order valence-electron chi connectivity index (χ1n) is 6.19. The predicted molar refractivity (Wildman–Crippen MR) is 70.8 cm³/mol. The molecule has 19 heavy (non-hydrogen) atoms. The molecule has 0 amide bonds. The Morgan fingerprint density at radius 1 is 1.32 bits per heavy atom. The van der Waals surface area contributed by atoms with Gasteiger partial charge >= 0.3 is 0 Å². The Morgan fingerprint density at radius 2 is 2.16 bits per heavy atom. The fourth-order valence-electron chi connectivity index (χ4n) is 1.96. The van der Waals surface area contributed by atoms with Crippen molar-refractivity contribution >= 4 is 0 Å². The second kappa shape index (κ2) is 6.45. The highest BCUT2D eigenvalue weighted by atomic mass is 19.1. The smallest absolute Gasteiger partial charge is 0.151 e. The third-order valence-electron chi connectivity index (χ3n) is 2.73. The molecule has 4 nitrogen and oxygen atoms in total. The first-order valence-corrected chi connectivity index (χ1v) is 6.19. The topological polar surface area (TPSA) is 41.3 Å². The lowest BCUT2D eigenvalue weighted by molar-refractivity contribution is 0.265. The Morgan fingerprint density at radius 3 is 2.89 bits per heavy atom. The average molecular weight is 263 g/mol. The fourth-order valence-corrected chi connectivity index (χ4v) is 1.96. The van der Waals surface area contributed by atoms with Gasteiger partial charge in [-0.05, 0) is 31.8 Å². The molecular formula is C14H18FN3O. The first kappa shape index (κ1) is 13.7. The number of hydrogen-bond donors (Lipinski definition) is 1. The number of hydrogen-bond acceptors (Lipinski definition) is 4. The SMILES string of the molecule is CNCc1cc(CN(C)Cc2cccc(F)c2)on1. The van der Waals surface area contributed by atoms with Crippen LogP contribution in [0.1, 0.15) is 17.0 Å². The van der Waals surface area contributed by atoms with E-state index in [1.165, 1.54) is 6.07 Å². The van der Waals surface area contributed by atoms with Gasteiger partial charge in [0.1, 0.15) is 5.82 Å². The minimum absolute atomic E-state index is 0.207. The van der Waals surface area contributed by atoms with Crippen molar-refractivity contribution in [3.63, 3.8) is 0 Å². The van der Waals surface area contributed by atoms with Crippen molar-refractivity contribution < 1.29 is 8.91 Å². The number of nitrogens with one attached hydrogen (secondary N) is 1. The van der Waals surface area contributed by atoms with Crippen LogP contribution in [0.4, 0.5) is 4.39 Å². The minimum Gasteiger partial charge on any atom is -0.360 e. The Bertz CT molecular complexity index is 527. The molecule has 0 saturated heterocycles. The molecule has 0 bridgehead atoms. The monoisotopic (exact) mass is 263 g/mol. The maximum atomic E-state index is 13.1. The molecule has 1 heterocycles. The summed E-state index contributed by atoms with van der Waals surface area (Å²) < 4.78 is 18.3. The molecule has 2 rings (SSSR count). The maximum Gasteiger partial charge on any atom is 0.151 e. The third kappa shape index (κ3) is 4.15. The van der Waals surface area contributed by atoms with Gasteiger partial charge in [-0.2, -0.15) is 0 Å². The van der Waals surface area contributed by atoms with E-state index in [0.717, 1.165) is 17.0 Å². The van der Waals surface area contributed by atoms with Gasteiger partial charge in [0.05, 0.1) is 12.2 Å². The van der Waals surface area contributed by atoms with Gasteiger partial charge in [0.25, 0.3) is 0 Å². The van der Waals surface area contributed by atoms with Crippen molar-refractivity contribution in [3.05, 3.63) is 53.2 Å². The van der Waals surface area contributed by atoms with Crippen molar-refractivity contribution in [3.8, 4) is 0 Å². The average Bonchev–Trinajstić information content (AvgIpc) is 2.77. The first-order chi connectivity index (χ1) is 9.17. The maximum absolute atomic E-state index is 13.1. The van der Waals surface area contributed by atoms with Gasteiger partial charge in [0, 0.05) is 19.2 Å². The van der Waals surface area contributed by atoms with E-state index in [-0.39, 0.29) is 5.82 Å². The van der Waals surface area contributed by atoms with Crippen LogP contribution in [0.5, 0.6) is 0 Å². The normalized spacial score (nSPS) is 11.2. The second-order valence-electron chi connectivity index (χ2n) is 4.62. The van der Waals surface area contributed by atoms with E-state index in [0.29, 0.717) is 19.6 Å². The van der Waals surface area contributed by atoms with Gasteiger partial charge in [-0.1, -0.05) is 17.3 Å². The number of halogens is 1. The van der Waals surface area contributed by atoms with Crippen LogP contribution in [0.2, 0.25) is 0 Å². The largest absolute Gasteiger partial charge is 0.360 e. The molecule has 0 radical (unpaired) electrons. The Hall–Kier alpha value is -1.72. The quantitative estimate of drug-likeness (QED) is 0.867. The molecule has 0 aliphatic heterocycles. The van der Waals surface area contributed by atoms with Gasteiger partial charge in [-0.3, -0.25) is 4.90 Å². The predicted octanol–water partition coefficient (Wildman–Crippen LogP) is 2.17. The van der Waals surface area contributed by atoms with E-state index < -0.39 is 0 Å². The molecule has 0 aliphatic carbocycles. The molecule has 1 aromatic carbocycles. The van der Waals surface area contributed by atoms with Crippen LogP contribution in [0.15, 0.2) is 34.9 Å². The molecule has 0 unspecified atom stereocenters. The lowest BCUT2D eigenvalue weighted by atomic mass is 10.2. The Labute approximate surface area is 112 Å². The summed E-state index contributed by atoms with van der Waals surface area (Å²) in [4.78, 5) is 2.05. The summed E-state index contributed by atoms with van der Waals surface area (Å²) in [7, 11) is 3.83. The minimum atomic E-state index is -0.207. The summed E-state index contributed by atoms with van der Waals surface area (Å²) in [5.41, 5.74) is 1.83. The van der Waals surface area contributed by atoms with E-state index in [2.05, 4.69) is 15.4 Å². The van der Waals surface area contributed by atoms with Gasteiger partial charge in [-0.25, -0.2) is 4.39 Å². The highest BCUT2D eigenvalue weighted by Gasteiger charge is 2.07. The van der Waals surface area contributed by atoms with E-state index in [9.17, 15) is 4.39 Å². The lowest BCUT2D eigenvalue weighted by Crippen LogP contribution is -2.16. The summed E-state index contributed by atoms with van der Waals surface area (Å²) in [6.07, 6.45) is 0. The fraction of sp³-hybridized carbons (Fsp3) is 0.357. The van der Waals surface area contributed by atoms with Crippen LogP contribution in [0, 0.1) is 5.82 Å². The Balaban J connectivity index is 1.91. The number of nitrogens with zero attached hydrogens (tertiary/aromatic N) is 2. The van der Waals surface area contributed by atoms with Crippen LogP contribution >= 0.6 is 0 Å². The molecule has 102 valence electrons. The van der Waals surface area contributed by atoms with Crippen molar-refractivity contribution in [1.82, 2.24) is 15.4 Å². The molecule has 0 fully saturated rings. The van der Waals surface area contributed by atoms with Crippen molar-refractivity contribution in [2.45, 2.75) is 19.6 Å². The molecule has 0 saturated carbocycles. The van der Waals surface area contributed by atoms with Crippen molar-refractivity contribution in [2.24, 2.45) is 0 Å². The highest BCUT2D eigenvalue weighted by Crippen LogP contribution is 2.10. The number of aromatic nitrogens is 1. The van der Waals surface area contributed by atoms with Gasteiger partial charge < -0.3 is 9.84 Å². The number of rotatable bonds is 6. The summed E-state index contributed by atoms with van der Waals surface area (Å²) in [6.45, 7) is 2.00. The lowest BCUT2D eigenvalue weighted by Gasteiger charge is -2.14.